The molecule has 2 aromatic heterocycles. The van der Waals surface area contributed by atoms with Crippen LogP contribution in [0.2, 0.25) is 0 Å². The zero-order valence-corrected chi connectivity index (χ0v) is 15.5. The number of nitrogens with one attached hydrogen (secondary N) is 1. The highest BCUT2D eigenvalue weighted by molar-refractivity contribution is 9.10. The van der Waals surface area contributed by atoms with Crippen LogP contribution in [0.3, 0.4) is 0 Å². The number of carbonyl (C=O) groups is 1. The van der Waals surface area contributed by atoms with Crippen LogP contribution in [0.1, 0.15) is 15.3 Å². The van der Waals surface area contributed by atoms with Crippen molar-refractivity contribution < 1.29 is 4.79 Å². The number of thiazole rings is 1. The first-order chi connectivity index (χ1) is 11.1. The standard InChI is InChI=1S/C17H13BrN2OS2/c1-11-10-19-17(23-11)20-16(21)15(9-14-3-2-8-22-14)12-4-6-13(18)7-5-12/h2-10H,1H3,(H,19,20,21). The number of benzene rings is 1. The van der Waals surface area contributed by atoms with Crippen LogP contribution < -0.4 is 5.32 Å². The number of thiophene rings is 1. The molecule has 0 fully saturated rings. The van der Waals surface area contributed by atoms with E-state index in [1.165, 1.54) is 11.3 Å². The van der Waals surface area contributed by atoms with Gasteiger partial charge < -0.3 is 0 Å². The molecular formula is C17H13BrN2OS2. The third-order valence-corrected chi connectivity index (χ3v) is 5.25. The highest BCUT2D eigenvalue weighted by Crippen LogP contribution is 2.25. The summed E-state index contributed by atoms with van der Waals surface area (Å²) in [5.74, 6) is -0.157. The molecule has 6 heteroatoms. The lowest BCUT2D eigenvalue weighted by atomic mass is 10.0. The summed E-state index contributed by atoms with van der Waals surface area (Å²) in [6, 6.07) is 11.7. The Morgan fingerprint density at radius 2 is 2.04 bits per heavy atom. The molecule has 1 amide bonds. The normalized spacial score (nSPS) is 11.5. The number of rotatable bonds is 4. The maximum atomic E-state index is 12.7. The zero-order valence-electron chi connectivity index (χ0n) is 12.2. The van der Waals surface area contributed by atoms with Gasteiger partial charge in [-0.05, 0) is 42.1 Å². The second-order valence-corrected chi connectivity index (χ2v) is 7.94. The maximum absolute atomic E-state index is 12.7. The summed E-state index contributed by atoms with van der Waals surface area (Å²) in [5, 5.41) is 5.49. The van der Waals surface area contributed by atoms with Gasteiger partial charge in [0.1, 0.15) is 0 Å². The molecule has 23 heavy (non-hydrogen) atoms. The van der Waals surface area contributed by atoms with E-state index >= 15 is 0 Å². The Kier molecular flexibility index (Phi) is 5.05. The van der Waals surface area contributed by atoms with Crippen LogP contribution in [-0.4, -0.2) is 10.9 Å². The molecule has 0 spiro atoms. The predicted molar refractivity (Wildman–Crippen MR) is 102 cm³/mol. The quantitative estimate of drug-likeness (QED) is 0.586. The molecule has 0 saturated heterocycles. The van der Waals surface area contributed by atoms with Crippen LogP contribution in [0.5, 0.6) is 0 Å². The SMILES string of the molecule is Cc1cnc(NC(=O)C(=Cc2cccs2)c2ccc(Br)cc2)s1. The Hall–Kier alpha value is -1.76. The Labute approximate surface area is 150 Å². The van der Waals surface area contributed by atoms with E-state index in [1.807, 2.05) is 54.8 Å². The molecule has 2 heterocycles. The largest absolute Gasteiger partial charge is 0.298 e. The molecule has 0 unspecified atom stereocenters. The molecule has 1 N–H and O–H groups in total. The molecule has 0 atom stereocenters. The third kappa shape index (κ3) is 4.16. The van der Waals surface area contributed by atoms with Crippen molar-refractivity contribution in [2.45, 2.75) is 6.92 Å². The van der Waals surface area contributed by atoms with Gasteiger partial charge in [0.25, 0.3) is 5.91 Å². The van der Waals surface area contributed by atoms with Crippen molar-refractivity contribution in [3.05, 3.63) is 67.8 Å². The number of hydrogen-bond acceptors (Lipinski definition) is 4. The molecule has 0 saturated carbocycles. The number of anilines is 1. The summed E-state index contributed by atoms with van der Waals surface area (Å²) in [7, 11) is 0. The van der Waals surface area contributed by atoms with Gasteiger partial charge in [0.05, 0.1) is 0 Å². The van der Waals surface area contributed by atoms with Crippen molar-refractivity contribution in [1.29, 1.82) is 0 Å². The Balaban J connectivity index is 1.94. The minimum Gasteiger partial charge on any atom is -0.298 e. The van der Waals surface area contributed by atoms with Gasteiger partial charge in [-0.15, -0.1) is 22.7 Å². The number of hydrogen-bond donors (Lipinski definition) is 1. The minimum absolute atomic E-state index is 0.157. The predicted octanol–water partition coefficient (Wildman–Crippen LogP) is 5.45. The monoisotopic (exact) mass is 404 g/mol. The van der Waals surface area contributed by atoms with Crippen molar-refractivity contribution in [2.75, 3.05) is 5.32 Å². The number of aryl methyl sites for hydroxylation is 1. The molecule has 0 aliphatic rings. The zero-order chi connectivity index (χ0) is 16.2. The average Bonchev–Trinajstić information content (AvgIpc) is 3.17. The van der Waals surface area contributed by atoms with Crippen LogP contribution in [0.25, 0.3) is 11.6 Å². The second-order valence-electron chi connectivity index (χ2n) is 4.81. The molecule has 0 aliphatic heterocycles. The molecule has 3 nitrogen and oxygen atoms in total. The van der Waals surface area contributed by atoms with Gasteiger partial charge in [0, 0.05) is 26.0 Å². The van der Waals surface area contributed by atoms with Gasteiger partial charge in [0.2, 0.25) is 0 Å². The van der Waals surface area contributed by atoms with Crippen LogP contribution in [0, 0.1) is 6.92 Å². The van der Waals surface area contributed by atoms with Crippen LogP contribution in [-0.2, 0) is 4.79 Å². The number of halogens is 1. The molecular weight excluding hydrogens is 392 g/mol. The Morgan fingerprint density at radius 3 is 2.65 bits per heavy atom. The highest BCUT2D eigenvalue weighted by atomic mass is 79.9. The van der Waals surface area contributed by atoms with Crippen LogP contribution >= 0.6 is 38.6 Å². The summed E-state index contributed by atoms with van der Waals surface area (Å²) in [4.78, 5) is 19.0. The first-order valence-corrected chi connectivity index (χ1v) is 9.35. The van der Waals surface area contributed by atoms with E-state index in [1.54, 1.807) is 17.5 Å². The first-order valence-electron chi connectivity index (χ1n) is 6.87. The van der Waals surface area contributed by atoms with E-state index in [2.05, 4.69) is 26.2 Å². The van der Waals surface area contributed by atoms with Crippen molar-refractivity contribution in [3.8, 4) is 0 Å². The lowest BCUT2D eigenvalue weighted by Gasteiger charge is -2.08. The molecule has 3 aromatic rings. The van der Waals surface area contributed by atoms with Crippen molar-refractivity contribution >= 4 is 61.3 Å². The number of amides is 1. The van der Waals surface area contributed by atoms with Gasteiger partial charge >= 0.3 is 0 Å². The average molecular weight is 405 g/mol. The van der Waals surface area contributed by atoms with Gasteiger partial charge in [-0.1, -0.05) is 34.1 Å². The Morgan fingerprint density at radius 1 is 1.26 bits per heavy atom. The van der Waals surface area contributed by atoms with Gasteiger partial charge in [-0.25, -0.2) is 4.98 Å². The van der Waals surface area contributed by atoms with Crippen LogP contribution in [0.15, 0.2) is 52.4 Å². The fourth-order valence-electron chi connectivity index (χ4n) is 2.00. The molecule has 0 bridgehead atoms. The summed E-state index contributed by atoms with van der Waals surface area (Å²) in [5.41, 5.74) is 1.49. The van der Waals surface area contributed by atoms with Gasteiger partial charge in [0.15, 0.2) is 5.13 Å². The molecule has 1 aromatic carbocycles. The number of carbonyl (C=O) groups excluding carboxylic acids is 1. The minimum atomic E-state index is -0.157. The van der Waals surface area contributed by atoms with Gasteiger partial charge in [-0.3, -0.25) is 10.1 Å². The smallest absolute Gasteiger partial charge is 0.258 e. The molecule has 0 radical (unpaired) electrons. The van der Waals surface area contributed by atoms with E-state index < -0.39 is 0 Å². The molecule has 3 rings (SSSR count). The van der Waals surface area contributed by atoms with E-state index in [4.69, 9.17) is 0 Å². The Bertz CT molecular complexity index is 836. The van der Waals surface area contributed by atoms with Crippen molar-refractivity contribution in [2.24, 2.45) is 0 Å². The van der Waals surface area contributed by atoms with E-state index in [0.717, 1.165) is 19.8 Å². The van der Waals surface area contributed by atoms with E-state index in [9.17, 15) is 4.79 Å². The van der Waals surface area contributed by atoms with Crippen LogP contribution in [0.4, 0.5) is 5.13 Å². The summed E-state index contributed by atoms with van der Waals surface area (Å²) in [6.07, 6.45) is 3.66. The number of aromatic nitrogens is 1. The van der Waals surface area contributed by atoms with Crippen molar-refractivity contribution in [1.82, 2.24) is 4.98 Å². The maximum Gasteiger partial charge on any atom is 0.258 e. The lowest BCUT2D eigenvalue weighted by Crippen LogP contribution is -2.13. The highest BCUT2D eigenvalue weighted by Gasteiger charge is 2.14. The van der Waals surface area contributed by atoms with Crippen molar-refractivity contribution in [3.63, 3.8) is 0 Å². The third-order valence-electron chi connectivity index (χ3n) is 3.07. The summed E-state index contributed by atoms with van der Waals surface area (Å²) >= 11 is 6.48. The molecule has 116 valence electrons. The second kappa shape index (κ2) is 7.21. The summed E-state index contributed by atoms with van der Waals surface area (Å²) in [6.45, 7) is 1.96. The molecule has 0 aliphatic carbocycles. The lowest BCUT2D eigenvalue weighted by molar-refractivity contribution is -0.111. The number of nitrogens with zero attached hydrogens (tertiary/aromatic N) is 1. The fourth-order valence-corrected chi connectivity index (χ4v) is 3.58. The first kappa shape index (κ1) is 16.1. The summed E-state index contributed by atoms with van der Waals surface area (Å²) < 4.78 is 0.979. The van der Waals surface area contributed by atoms with E-state index in [-0.39, 0.29) is 5.91 Å². The van der Waals surface area contributed by atoms with Gasteiger partial charge in [-0.2, -0.15) is 0 Å². The van der Waals surface area contributed by atoms with E-state index in [0.29, 0.717) is 10.7 Å². The topological polar surface area (TPSA) is 42.0 Å². The fraction of sp³-hybridized carbons (Fsp3) is 0.0588.